The predicted octanol–water partition coefficient (Wildman–Crippen LogP) is 3.81. The van der Waals surface area contributed by atoms with Gasteiger partial charge in [-0.3, -0.25) is 4.90 Å². The molecule has 1 N–H and O–H groups in total. The van der Waals surface area contributed by atoms with Crippen molar-refractivity contribution in [2.75, 3.05) is 0 Å². The molecule has 2 atom stereocenters. The Morgan fingerprint density at radius 1 is 1.20 bits per heavy atom. The summed E-state index contributed by atoms with van der Waals surface area (Å²) in [7, 11) is 0. The highest BCUT2D eigenvalue weighted by Crippen LogP contribution is 2.38. The number of aryl methyl sites for hydroxylation is 1. The predicted molar refractivity (Wildman–Crippen MR) is 109 cm³/mol. The van der Waals surface area contributed by atoms with Crippen LogP contribution in [0.3, 0.4) is 0 Å². The van der Waals surface area contributed by atoms with E-state index in [-0.39, 0.29) is 12.1 Å². The zero-order valence-electron chi connectivity index (χ0n) is 17.2. The van der Waals surface area contributed by atoms with Crippen molar-refractivity contribution in [2.45, 2.75) is 57.5 Å². The van der Waals surface area contributed by atoms with Crippen LogP contribution in [0.15, 0.2) is 55.1 Å². The van der Waals surface area contributed by atoms with Gasteiger partial charge in [-0.2, -0.15) is 5.10 Å². The summed E-state index contributed by atoms with van der Waals surface area (Å²) in [4.78, 5) is 6.15. The maximum absolute atomic E-state index is 14.8. The Hall–Kier alpha value is -2.64. The fraction of sp³-hybridized carbons (Fsp3) is 0.391. The van der Waals surface area contributed by atoms with E-state index in [1.54, 1.807) is 0 Å². The van der Waals surface area contributed by atoms with Crippen LogP contribution in [-0.2, 0) is 18.7 Å². The topological polar surface area (TPSA) is 54.2 Å². The molecule has 0 unspecified atom stereocenters. The largest absolute Gasteiger partial charge is 0.381 e. The van der Waals surface area contributed by atoms with E-state index in [2.05, 4.69) is 39.2 Å². The minimum atomic E-state index is -1.63. The van der Waals surface area contributed by atoms with Crippen LogP contribution in [0, 0.1) is 18.6 Å². The summed E-state index contributed by atoms with van der Waals surface area (Å²) in [6.45, 7) is 4.58. The molecule has 4 rings (SSSR count). The zero-order chi connectivity index (χ0) is 21.3. The van der Waals surface area contributed by atoms with Gasteiger partial charge in [0.2, 0.25) is 0 Å². The Balaban J connectivity index is 1.71. The van der Waals surface area contributed by atoms with Crippen LogP contribution in [0.5, 0.6) is 0 Å². The molecule has 1 fully saturated rings. The van der Waals surface area contributed by atoms with Gasteiger partial charge >= 0.3 is 0 Å². The molecule has 2 aromatic carbocycles. The Labute approximate surface area is 175 Å². The Morgan fingerprint density at radius 2 is 1.93 bits per heavy atom. The van der Waals surface area contributed by atoms with Gasteiger partial charge in [-0.15, -0.1) is 0 Å². The molecular formula is C23H26F2N4O. The van der Waals surface area contributed by atoms with Gasteiger partial charge in [0.05, 0.1) is 6.54 Å². The molecule has 0 bridgehead atoms. The van der Waals surface area contributed by atoms with Crippen LogP contribution in [0.4, 0.5) is 8.78 Å². The SMILES string of the molecule is Cc1ccc(CN(C2CC2)[C@H](C)[C@](O)(Cn2cncn2)c2ccc(F)cc2F)cc1. The number of benzene rings is 2. The van der Waals surface area contributed by atoms with Gasteiger partial charge in [-0.1, -0.05) is 35.9 Å². The highest BCUT2D eigenvalue weighted by molar-refractivity contribution is 5.28. The van der Waals surface area contributed by atoms with Crippen LogP contribution < -0.4 is 0 Å². The summed E-state index contributed by atoms with van der Waals surface area (Å²) in [6.07, 6.45) is 4.92. The van der Waals surface area contributed by atoms with Crippen LogP contribution in [0.1, 0.15) is 36.5 Å². The standard InChI is InChI=1S/C23H26F2N4O/c1-16-3-5-18(6-4-16)12-29(20-8-9-20)17(2)23(30,13-28-15-26-14-27-28)21-10-7-19(24)11-22(21)25/h3-7,10-11,14-15,17,20,30H,8-9,12-13H2,1-2H3/t17-,23-/m1/s1. The monoisotopic (exact) mass is 412 g/mol. The Kier molecular flexibility index (Phi) is 5.66. The first-order valence-corrected chi connectivity index (χ1v) is 10.2. The quantitative estimate of drug-likeness (QED) is 0.611. The smallest absolute Gasteiger partial charge is 0.137 e. The lowest BCUT2D eigenvalue weighted by Crippen LogP contribution is -2.52. The Bertz CT molecular complexity index is 989. The van der Waals surface area contributed by atoms with E-state index in [0.29, 0.717) is 12.6 Å². The normalized spacial score (nSPS) is 17.1. The van der Waals surface area contributed by atoms with Gasteiger partial charge < -0.3 is 5.11 Å². The van der Waals surface area contributed by atoms with E-state index in [4.69, 9.17) is 0 Å². The summed E-state index contributed by atoms with van der Waals surface area (Å²) >= 11 is 0. The summed E-state index contributed by atoms with van der Waals surface area (Å²) in [5.74, 6) is -1.44. The summed E-state index contributed by atoms with van der Waals surface area (Å²) in [5.41, 5.74) is 0.739. The third-order valence-corrected chi connectivity index (χ3v) is 5.96. The lowest BCUT2D eigenvalue weighted by Gasteiger charge is -2.41. The first-order chi connectivity index (χ1) is 14.4. The molecule has 0 radical (unpaired) electrons. The minimum Gasteiger partial charge on any atom is -0.381 e. The molecule has 1 aliphatic rings. The summed E-state index contributed by atoms with van der Waals surface area (Å²) in [6, 6.07) is 11.5. The molecule has 7 heteroatoms. The highest BCUT2D eigenvalue weighted by atomic mass is 19.1. The average molecular weight is 412 g/mol. The Morgan fingerprint density at radius 3 is 2.53 bits per heavy atom. The van der Waals surface area contributed by atoms with Crippen LogP contribution in [0.2, 0.25) is 0 Å². The van der Waals surface area contributed by atoms with E-state index in [1.807, 2.05) is 13.8 Å². The molecule has 1 aliphatic carbocycles. The van der Waals surface area contributed by atoms with E-state index >= 15 is 0 Å². The summed E-state index contributed by atoms with van der Waals surface area (Å²) < 4.78 is 29.9. The van der Waals surface area contributed by atoms with Crippen molar-refractivity contribution in [3.8, 4) is 0 Å². The molecule has 0 spiro atoms. The second-order valence-corrected chi connectivity index (χ2v) is 8.21. The van der Waals surface area contributed by atoms with Crippen molar-refractivity contribution in [1.29, 1.82) is 0 Å². The maximum atomic E-state index is 14.8. The number of hydrogen-bond donors (Lipinski definition) is 1. The van der Waals surface area contributed by atoms with Crippen molar-refractivity contribution < 1.29 is 13.9 Å². The molecule has 0 saturated heterocycles. The van der Waals surface area contributed by atoms with E-state index in [9.17, 15) is 13.9 Å². The molecule has 5 nitrogen and oxygen atoms in total. The zero-order valence-corrected chi connectivity index (χ0v) is 17.2. The first-order valence-electron chi connectivity index (χ1n) is 10.2. The molecule has 0 aliphatic heterocycles. The fourth-order valence-electron chi connectivity index (χ4n) is 4.01. The van der Waals surface area contributed by atoms with Crippen molar-refractivity contribution in [3.05, 3.63) is 83.4 Å². The minimum absolute atomic E-state index is 0.00777. The molecule has 1 saturated carbocycles. The van der Waals surface area contributed by atoms with Gasteiger partial charge in [0, 0.05) is 30.3 Å². The van der Waals surface area contributed by atoms with Crippen molar-refractivity contribution in [2.24, 2.45) is 0 Å². The lowest BCUT2D eigenvalue weighted by molar-refractivity contribution is -0.0691. The highest BCUT2D eigenvalue weighted by Gasteiger charge is 2.45. The summed E-state index contributed by atoms with van der Waals surface area (Å²) in [5, 5.41) is 16.0. The third kappa shape index (κ3) is 4.27. The van der Waals surface area contributed by atoms with Crippen molar-refractivity contribution >= 4 is 0 Å². The van der Waals surface area contributed by atoms with E-state index < -0.39 is 23.3 Å². The first kappa shape index (κ1) is 20.6. The molecule has 3 aromatic rings. The third-order valence-electron chi connectivity index (χ3n) is 5.96. The second kappa shape index (κ2) is 8.24. The van der Waals surface area contributed by atoms with Crippen LogP contribution in [0.25, 0.3) is 0 Å². The second-order valence-electron chi connectivity index (χ2n) is 8.21. The van der Waals surface area contributed by atoms with Gasteiger partial charge in [0.15, 0.2) is 0 Å². The lowest BCUT2D eigenvalue weighted by atomic mass is 9.85. The molecule has 1 aromatic heterocycles. The molecular weight excluding hydrogens is 386 g/mol. The van der Waals surface area contributed by atoms with Gasteiger partial charge in [0.25, 0.3) is 0 Å². The molecule has 1 heterocycles. The van der Waals surface area contributed by atoms with Gasteiger partial charge in [-0.25, -0.2) is 18.4 Å². The number of halogens is 2. The van der Waals surface area contributed by atoms with Gasteiger partial charge in [-0.05, 0) is 38.3 Å². The fourth-order valence-corrected chi connectivity index (χ4v) is 4.01. The van der Waals surface area contributed by atoms with Crippen molar-refractivity contribution in [3.63, 3.8) is 0 Å². The number of hydrogen-bond acceptors (Lipinski definition) is 4. The van der Waals surface area contributed by atoms with E-state index in [0.717, 1.165) is 24.5 Å². The average Bonchev–Trinajstić information content (AvgIpc) is 3.43. The molecule has 0 amide bonds. The molecule has 158 valence electrons. The number of aromatic nitrogens is 3. The number of rotatable bonds is 8. The van der Waals surface area contributed by atoms with Crippen molar-refractivity contribution in [1.82, 2.24) is 19.7 Å². The number of aliphatic hydroxyl groups is 1. The van der Waals surface area contributed by atoms with Crippen LogP contribution in [-0.4, -0.2) is 36.9 Å². The maximum Gasteiger partial charge on any atom is 0.137 e. The van der Waals surface area contributed by atoms with E-state index in [1.165, 1.54) is 35.0 Å². The molecule has 30 heavy (non-hydrogen) atoms. The van der Waals surface area contributed by atoms with Gasteiger partial charge in [0.1, 0.15) is 29.9 Å². The van der Waals surface area contributed by atoms with Crippen LogP contribution >= 0.6 is 0 Å². The number of nitrogens with zero attached hydrogens (tertiary/aromatic N) is 4.